The van der Waals surface area contributed by atoms with Gasteiger partial charge >= 0.3 is 0 Å². The Morgan fingerprint density at radius 2 is 2.00 bits per heavy atom. The molecule has 0 aromatic heterocycles. The number of hydrogen-bond acceptors (Lipinski definition) is 3. The van der Waals surface area contributed by atoms with Crippen LogP contribution >= 0.6 is 0 Å². The lowest BCUT2D eigenvalue weighted by atomic mass is 9.89. The molecule has 1 aliphatic carbocycles. The zero-order valence-electron chi connectivity index (χ0n) is 7.90. The zero-order valence-corrected chi connectivity index (χ0v) is 7.90. The van der Waals surface area contributed by atoms with Gasteiger partial charge in [0, 0.05) is 5.56 Å². The Kier molecular flexibility index (Phi) is 2.39. The third-order valence-corrected chi connectivity index (χ3v) is 2.73. The first-order chi connectivity index (χ1) is 6.83. The first kappa shape index (κ1) is 9.06. The average Bonchev–Trinajstić information content (AvgIpc) is 2.23. The van der Waals surface area contributed by atoms with E-state index in [1.807, 2.05) is 6.07 Å². The van der Waals surface area contributed by atoms with E-state index in [1.165, 1.54) is 18.2 Å². The van der Waals surface area contributed by atoms with Gasteiger partial charge in [0.15, 0.2) is 0 Å². The van der Waals surface area contributed by atoms with Crippen molar-refractivity contribution >= 4 is 6.21 Å². The van der Waals surface area contributed by atoms with Gasteiger partial charge in [-0.2, -0.15) is 0 Å². The van der Waals surface area contributed by atoms with Crippen LogP contribution < -0.4 is 0 Å². The molecule has 1 aliphatic rings. The van der Waals surface area contributed by atoms with Crippen molar-refractivity contribution in [2.75, 3.05) is 0 Å². The predicted octanol–water partition coefficient (Wildman–Crippen LogP) is 2.08. The van der Waals surface area contributed by atoms with E-state index in [2.05, 4.69) is 5.16 Å². The molecule has 1 aromatic carbocycles. The highest BCUT2D eigenvalue weighted by molar-refractivity contribution is 5.84. The highest BCUT2D eigenvalue weighted by atomic mass is 16.4. The lowest BCUT2D eigenvalue weighted by Gasteiger charge is -2.17. The second-order valence-electron chi connectivity index (χ2n) is 3.59. The Morgan fingerprint density at radius 1 is 1.21 bits per heavy atom. The minimum absolute atomic E-state index is 0.278. The molecule has 0 spiro atoms. The molecular formula is C11H13NO2. The largest absolute Gasteiger partial charge is 0.507 e. The van der Waals surface area contributed by atoms with Gasteiger partial charge in [-0.3, -0.25) is 0 Å². The van der Waals surface area contributed by atoms with Crippen molar-refractivity contribution in [3.8, 4) is 5.75 Å². The van der Waals surface area contributed by atoms with Crippen LogP contribution in [0.1, 0.15) is 29.5 Å². The molecule has 0 unspecified atom stereocenters. The summed E-state index contributed by atoms with van der Waals surface area (Å²) in [7, 11) is 0. The average molecular weight is 191 g/mol. The maximum atomic E-state index is 9.86. The predicted molar refractivity (Wildman–Crippen MR) is 54.1 cm³/mol. The third-order valence-electron chi connectivity index (χ3n) is 2.73. The molecule has 0 radical (unpaired) electrons. The van der Waals surface area contributed by atoms with Crippen molar-refractivity contribution in [1.82, 2.24) is 0 Å². The lowest BCUT2D eigenvalue weighted by molar-refractivity contribution is 0.321. The molecule has 2 N–H and O–H groups in total. The fourth-order valence-corrected chi connectivity index (χ4v) is 1.99. The second-order valence-corrected chi connectivity index (χ2v) is 3.59. The highest BCUT2D eigenvalue weighted by Crippen LogP contribution is 2.30. The Hall–Kier alpha value is -1.51. The molecule has 0 saturated carbocycles. The summed E-state index contributed by atoms with van der Waals surface area (Å²) in [5.74, 6) is 0.278. The third kappa shape index (κ3) is 1.45. The summed E-state index contributed by atoms with van der Waals surface area (Å²) in [6.45, 7) is 0. The van der Waals surface area contributed by atoms with Crippen molar-refractivity contribution in [1.29, 1.82) is 0 Å². The van der Waals surface area contributed by atoms with Gasteiger partial charge in [0.25, 0.3) is 0 Å². The SMILES string of the molecule is O/N=C/c1ccc2c(c1O)CCCC2. The van der Waals surface area contributed by atoms with Gasteiger partial charge in [-0.15, -0.1) is 0 Å². The number of aryl methyl sites for hydroxylation is 1. The van der Waals surface area contributed by atoms with Gasteiger partial charge in [0.2, 0.25) is 0 Å². The summed E-state index contributed by atoms with van der Waals surface area (Å²) in [5.41, 5.74) is 2.84. The Morgan fingerprint density at radius 3 is 2.79 bits per heavy atom. The van der Waals surface area contributed by atoms with Crippen molar-refractivity contribution in [3.05, 3.63) is 28.8 Å². The molecule has 2 rings (SSSR count). The minimum Gasteiger partial charge on any atom is -0.507 e. The Balaban J connectivity index is 2.48. The number of benzene rings is 1. The first-order valence-electron chi connectivity index (χ1n) is 4.84. The Bertz CT molecular complexity index is 372. The number of aromatic hydroxyl groups is 1. The van der Waals surface area contributed by atoms with Crippen LogP contribution in [-0.4, -0.2) is 16.5 Å². The van der Waals surface area contributed by atoms with Crippen LogP contribution in [0.2, 0.25) is 0 Å². The minimum atomic E-state index is 0.278. The van der Waals surface area contributed by atoms with Crippen molar-refractivity contribution in [2.24, 2.45) is 5.16 Å². The van der Waals surface area contributed by atoms with E-state index >= 15 is 0 Å². The summed E-state index contributed by atoms with van der Waals surface area (Å²) in [5, 5.41) is 21.2. The smallest absolute Gasteiger partial charge is 0.127 e. The van der Waals surface area contributed by atoms with Gasteiger partial charge < -0.3 is 10.3 Å². The van der Waals surface area contributed by atoms with Crippen LogP contribution in [0.15, 0.2) is 17.3 Å². The number of nitrogens with zero attached hydrogens (tertiary/aromatic N) is 1. The van der Waals surface area contributed by atoms with Gasteiger partial charge in [0.1, 0.15) is 5.75 Å². The molecule has 0 aliphatic heterocycles. The van der Waals surface area contributed by atoms with Crippen LogP contribution in [0.5, 0.6) is 5.75 Å². The molecule has 0 amide bonds. The fourth-order valence-electron chi connectivity index (χ4n) is 1.99. The van der Waals surface area contributed by atoms with Crippen molar-refractivity contribution < 1.29 is 10.3 Å². The van der Waals surface area contributed by atoms with E-state index in [4.69, 9.17) is 5.21 Å². The molecule has 0 saturated heterocycles. The molecular weight excluding hydrogens is 178 g/mol. The topological polar surface area (TPSA) is 52.8 Å². The monoisotopic (exact) mass is 191 g/mol. The highest BCUT2D eigenvalue weighted by Gasteiger charge is 2.14. The van der Waals surface area contributed by atoms with E-state index in [0.717, 1.165) is 24.8 Å². The number of oxime groups is 1. The van der Waals surface area contributed by atoms with Gasteiger partial charge in [-0.25, -0.2) is 0 Å². The molecule has 3 nitrogen and oxygen atoms in total. The number of fused-ring (bicyclic) bond motifs is 1. The summed E-state index contributed by atoms with van der Waals surface area (Å²) in [6, 6.07) is 3.80. The van der Waals surface area contributed by atoms with Gasteiger partial charge in [-0.1, -0.05) is 11.2 Å². The lowest BCUT2D eigenvalue weighted by Crippen LogP contribution is -2.04. The van der Waals surface area contributed by atoms with Crippen LogP contribution in [0.3, 0.4) is 0 Å². The van der Waals surface area contributed by atoms with E-state index < -0.39 is 0 Å². The van der Waals surface area contributed by atoms with E-state index in [0.29, 0.717) is 5.56 Å². The quantitative estimate of drug-likeness (QED) is 0.405. The van der Waals surface area contributed by atoms with Crippen molar-refractivity contribution in [2.45, 2.75) is 25.7 Å². The molecule has 0 fully saturated rings. The summed E-state index contributed by atoms with van der Waals surface area (Å²) in [6.07, 6.45) is 5.55. The van der Waals surface area contributed by atoms with E-state index in [1.54, 1.807) is 6.07 Å². The first-order valence-corrected chi connectivity index (χ1v) is 4.84. The number of hydrogen-bond donors (Lipinski definition) is 2. The van der Waals surface area contributed by atoms with E-state index in [-0.39, 0.29) is 5.75 Å². The fraction of sp³-hybridized carbons (Fsp3) is 0.364. The molecule has 74 valence electrons. The van der Waals surface area contributed by atoms with Crippen LogP contribution in [0.25, 0.3) is 0 Å². The number of rotatable bonds is 1. The summed E-state index contributed by atoms with van der Waals surface area (Å²) < 4.78 is 0. The normalized spacial score (nSPS) is 15.7. The molecule has 0 heterocycles. The van der Waals surface area contributed by atoms with Crippen LogP contribution in [0.4, 0.5) is 0 Å². The molecule has 3 heteroatoms. The molecule has 1 aromatic rings. The zero-order chi connectivity index (χ0) is 9.97. The number of phenolic OH excluding ortho intramolecular Hbond substituents is 1. The maximum Gasteiger partial charge on any atom is 0.127 e. The summed E-state index contributed by atoms with van der Waals surface area (Å²) >= 11 is 0. The van der Waals surface area contributed by atoms with Gasteiger partial charge in [0.05, 0.1) is 6.21 Å². The molecule has 0 atom stereocenters. The summed E-state index contributed by atoms with van der Waals surface area (Å²) in [4.78, 5) is 0. The maximum absolute atomic E-state index is 9.86. The van der Waals surface area contributed by atoms with E-state index in [9.17, 15) is 5.11 Å². The standard InChI is InChI=1S/C11H13NO2/c13-11-9(7-12-14)6-5-8-3-1-2-4-10(8)11/h5-7,13-14H,1-4H2/b12-7+. The van der Waals surface area contributed by atoms with Crippen LogP contribution in [-0.2, 0) is 12.8 Å². The van der Waals surface area contributed by atoms with Gasteiger partial charge in [-0.05, 0) is 42.9 Å². The van der Waals surface area contributed by atoms with Crippen LogP contribution in [0, 0.1) is 0 Å². The van der Waals surface area contributed by atoms with Crippen molar-refractivity contribution in [3.63, 3.8) is 0 Å². The molecule has 0 bridgehead atoms. The molecule has 14 heavy (non-hydrogen) atoms. The number of phenols is 1. The second kappa shape index (κ2) is 3.70. The Labute approximate surface area is 82.7 Å².